The second-order valence-electron chi connectivity index (χ2n) is 5.42. The van der Waals surface area contributed by atoms with Crippen molar-refractivity contribution in [3.63, 3.8) is 0 Å². The number of nitrogens with one attached hydrogen (secondary N) is 2. The van der Waals surface area contributed by atoms with E-state index in [0.717, 1.165) is 23.0 Å². The van der Waals surface area contributed by atoms with Crippen molar-refractivity contribution in [2.45, 2.75) is 20.0 Å². The summed E-state index contributed by atoms with van der Waals surface area (Å²) in [5.74, 6) is 2.86. The molecule has 0 saturated heterocycles. The Morgan fingerprint density at radius 2 is 1.92 bits per heavy atom. The third kappa shape index (κ3) is 3.81. The zero-order valence-electron chi connectivity index (χ0n) is 13.8. The topological polar surface area (TPSA) is 85.0 Å². The standard InChI is InChI=1S/C17H19N5O2/c1-11(2)24-12-6-7-18-16(8-12)20-17-9-15(21-22-17)14-5-4-13(23-3)10-19-14/h4-11H,1-3H3,(H2,18,20,21,22). The van der Waals surface area contributed by atoms with Crippen LogP contribution in [-0.4, -0.2) is 33.4 Å². The highest BCUT2D eigenvalue weighted by Gasteiger charge is 2.07. The summed E-state index contributed by atoms with van der Waals surface area (Å²) < 4.78 is 10.8. The van der Waals surface area contributed by atoms with Gasteiger partial charge in [0.1, 0.15) is 28.8 Å². The number of pyridine rings is 2. The summed E-state index contributed by atoms with van der Waals surface area (Å²) in [5.41, 5.74) is 1.49. The molecule has 0 saturated carbocycles. The normalized spacial score (nSPS) is 10.7. The molecule has 2 N–H and O–H groups in total. The van der Waals surface area contributed by atoms with E-state index >= 15 is 0 Å². The van der Waals surface area contributed by atoms with E-state index in [4.69, 9.17) is 9.47 Å². The molecular formula is C17H19N5O2. The molecule has 0 spiro atoms. The lowest BCUT2D eigenvalue weighted by atomic mass is 10.2. The minimum atomic E-state index is 0.111. The molecule has 0 radical (unpaired) electrons. The summed E-state index contributed by atoms with van der Waals surface area (Å²) in [6.07, 6.45) is 3.47. The number of aromatic amines is 1. The Balaban J connectivity index is 1.73. The molecule has 3 aromatic heterocycles. The van der Waals surface area contributed by atoms with Crippen molar-refractivity contribution in [2.24, 2.45) is 0 Å². The highest BCUT2D eigenvalue weighted by atomic mass is 16.5. The number of rotatable bonds is 6. The number of H-pyrrole nitrogens is 1. The Kier molecular flexibility index (Phi) is 4.60. The van der Waals surface area contributed by atoms with Crippen LogP contribution in [0.5, 0.6) is 11.5 Å². The van der Waals surface area contributed by atoms with Crippen LogP contribution in [0.2, 0.25) is 0 Å². The summed E-state index contributed by atoms with van der Waals surface area (Å²) in [5, 5.41) is 10.4. The van der Waals surface area contributed by atoms with Gasteiger partial charge in [0.2, 0.25) is 0 Å². The number of methoxy groups -OCH3 is 1. The van der Waals surface area contributed by atoms with Crippen LogP contribution >= 0.6 is 0 Å². The van der Waals surface area contributed by atoms with Crippen LogP contribution in [0.3, 0.4) is 0 Å². The molecule has 124 valence electrons. The lowest BCUT2D eigenvalue weighted by Gasteiger charge is -2.10. The van der Waals surface area contributed by atoms with Crippen molar-refractivity contribution < 1.29 is 9.47 Å². The van der Waals surface area contributed by atoms with E-state index in [1.807, 2.05) is 44.2 Å². The van der Waals surface area contributed by atoms with Gasteiger partial charge in [0.05, 0.1) is 25.1 Å². The van der Waals surface area contributed by atoms with Crippen LogP contribution in [0.25, 0.3) is 11.4 Å². The molecule has 7 nitrogen and oxygen atoms in total. The van der Waals surface area contributed by atoms with Gasteiger partial charge in [0.25, 0.3) is 0 Å². The molecule has 0 unspecified atom stereocenters. The average molecular weight is 325 g/mol. The van der Waals surface area contributed by atoms with E-state index < -0.39 is 0 Å². The molecule has 0 bridgehead atoms. The molecule has 3 aromatic rings. The maximum Gasteiger partial charge on any atom is 0.137 e. The lowest BCUT2D eigenvalue weighted by molar-refractivity contribution is 0.242. The fourth-order valence-corrected chi connectivity index (χ4v) is 2.13. The van der Waals surface area contributed by atoms with Gasteiger partial charge in [0.15, 0.2) is 0 Å². The molecule has 24 heavy (non-hydrogen) atoms. The average Bonchev–Trinajstić information content (AvgIpc) is 3.03. The summed E-state index contributed by atoms with van der Waals surface area (Å²) in [6.45, 7) is 3.97. The third-order valence-corrected chi connectivity index (χ3v) is 3.18. The van der Waals surface area contributed by atoms with Gasteiger partial charge in [-0.15, -0.1) is 0 Å². The van der Waals surface area contributed by atoms with Crippen LogP contribution in [0.4, 0.5) is 11.6 Å². The van der Waals surface area contributed by atoms with Gasteiger partial charge in [-0.3, -0.25) is 10.1 Å². The second-order valence-corrected chi connectivity index (χ2v) is 5.42. The van der Waals surface area contributed by atoms with Gasteiger partial charge < -0.3 is 14.8 Å². The Hall–Kier alpha value is -3.09. The Bertz CT molecular complexity index is 799. The number of nitrogens with zero attached hydrogens (tertiary/aromatic N) is 3. The highest BCUT2D eigenvalue weighted by molar-refractivity contribution is 5.62. The summed E-state index contributed by atoms with van der Waals surface area (Å²) >= 11 is 0. The minimum absolute atomic E-state index is 0.111. The fourth-order valence-electron chi connectivity index (χ4n) is 2.13. The maximum absolute atomic E-state index is 5.66. The highest BCUT2D eigenvalue weighted by Crippen LogP contribution is 2.23. The minimum Gasteiger partial charge on any atom is -0.495 e. The predicted molar refractivity (Wildman–Crippen MR) is 91.7 cm³/mol. The molecule has 0 fully saturated rings. The van der Waals surface area contributed by atoms with Gasteiger partial charge in [-0.1, -0.05) is 0 Å². The number of aromatic nitrogens is 4. The van der Waals surface area contributed by atoms with Crippen molar-refractivity contribution in [1.82, 2.24) is 20.2 Å². The number of anilines is 2. The first kappa shape index (κ1) is 15.8. The second kappa shape index (κ2) is 6.99. The van der Waals surface area contributed by atoms with E-state index in [0.29, 0.717) is 11.6 Å². The molecule has 3 rings (SSSR count). The maximum atomic E-state index is 5.66. The van der Waals surface area contributed by atoms with E-state index in [9.17, 15) is 0 Å². The monoisotopic (exact) mass is 325 g/mol. The Labute approximate surface area is 140 Å². The first-order chi connectivity index (χ1) is 11.6. The SMILES string of the molecule is COc1ccc(-c2cc(Nc3cc(OC(C)C)ccn3)[nH]n2)nc1. The molecular weight excluding hydrogens is 306 g/mol. The van der Waals surface area contributed by atoms with Crippen molar-refractivity contribution in [2.75, 3.05) is 12.4 Å². The molecule has 0 aliphatic heterocycles. The van der Waals surface area contributed by atoms with Crippen LogP contribution in [0.15, 0.2) is 42.7 Å². The van der Waals surface area contributed by atoms with Crippen LogP contribution in [-0.2, 0) is 0 Å². The lowest BCUT2D eigenvalue weighted by Crippen LogP contribution is -2.06. The van der Waals surface area contributed by atoms with Crippen molar-refractivity contribution >= 4 is 11.6 Å². The van der Waals surface area contributed by atoms with Crippen LogP contribution in [0.1, 0.15) is 13.8 Å². The van der Waals surface area contributed by atoms with Gasteiger partial charge in [0, 0.05) is 18.3 Å². The molecule has 0 aromatic carbocycles. The van der Waals surface area contributed by atoms with Crippen LogP contribution < -0.4 is 14.8 Å². The smallest absolute Gasteiger partial charge is 0.137 e. The first-order valence-electron chi connectivity index (χ1n) is 7.59. The Morgan fingerprint density at radius 3 is 2.62 bits per heavy atom. The van der Waals surface area contributed by atoms with E-state index in [1.165, 1.54) is 0 Å². The van der Waals surface area contributed by atoms with E-state index in [2.05, 4.69) is 25.5 Å². The predicted octanol–water partition coefficient (Wildman–Crippen LogP) is 3.41. The van der Waals surface area contributed by atoms with Gasteiger partial charge in [-0.25, -0.2) is 4.98 Å². The van der Waals surface area contributed by atoms with Gasteiger partial charge >= 0.3 is 0 Å². The van der Waals surface area contributed by atoms with E-state index in [1.54, 1.807) is 19.5 Å². The number of hydrogen-bond acceptors (Lipinski definition) is 6. The fraction of sp³-hybridized carbons (Fsp3) is 0.235. The summed E-state index contributed by atoms with van der Waals surface area (Å²) in [7, 11) is 1.61. The number of ether oxygens (including phenoxy) is 2. The quantitative estimate of drug-likeness (QED) is 0.722. The molecule has 0 aliphatic rings. The molecule has 3 heterocycles. The van der Waals surface area contributed by atoms with Crippen LogP contribution in [0, 0.1) is 0 Å². The first-order valence-corrected chi connectivity index (χ1v) is 7.59. The van der Waals surface area contributed by atoms with Crippen molar-refractivity contribution in [3.8, 4) is 22.9 Å². The zero-order chi connectivity index (χ0) is 16.9. The largest absolute Gasteiger partial charge is 0.495 e. The van der Waals surface area contributed by atoms with E-state index in [-0.39, 0.29) is 6.10 Å². The Morgan fingerprint density at radius 1 is 1.04 bits per heavy atom. The van der Waals surface area contributed by atoms with Crippen molar-refractivity contribution in [3.05, 3.63) is 42.7 Å². The summed E-state index contributed by atoms with van der Waals surface area (Å²) in [4.78, 5) is 8.59. The molecule has 7 heteroatoms. The summed E-state index contributed by atoms with van der Waals surface area (Å²) in [6, 6.07) is 9.23. The van der Waals surface area contributed by atoms with Crippen molar-refractivity contribution in [1.29, 1.82) is 0 Å². The number of hydrogen-bond donors (Lipinski definition) is 2. The molecule has 0 atom stereocenters. The molecule has 0 aliphatic carbocycles. The molecule has 0 amide bonds. The zero-order valence-corrected chi connectivity index (χ0v) is 13.8. The third-order valence-electron chi connectivity index (χ3n) is 3.18. The van der Waals surface area contributed by atoms with Gasteiger partial charge in [-0.2, -0.15) is 5.10 Å². The van der Waals surface area contributed by atoms with Gasteiger partial charge in [-0.05, 0) is 32.0 Å².